The molecule has 0 aromatic carbocycles. The van der Waals surface area contributed by atoms with Crippen LogP contribution in [0.25, 0.3) is 0 Å². The number of rotatable bonds is 8. The highest BCUT2D eigenvalue weighted by atomic mass is 32.1. The smallest absolute Gasteiger partial charge is 0.305 e. The van der Waals surface area contributed by atoms with Crippen molar-refractivity contribution in [3.05, 3.63) is 22.4 Å². The van der Waals surface area contributed by atoms with Gasteiger partial charge in [-0.3, -0.25) is 9.59 Å². The molecule has 4 nitrogen and oxygen atoms in total. The molecule has 5 heteroatoms. The Balaban J connectivity index is 2.38. The standard InChI is InChI=1S/C16H25NO3S/c1-16(2,3)11-12(10-15(19)20)17-14(18)8-4-6-13-7-5-9-21-13/h5,7,9,12H,4,6,8,10-11H2,1-3H3,(H,17,18)(H,19,20). The third-order valence-electron chi connectivity index (χ3n) is 3.05. The number of aliphatic carboxylic acids is 1. The number of amides is 1. The molecule has 0 saturated heterocycles. The van der Waals surface area contributed by atoms with Crippen molar-refractivity contribution in [2.75, 3.05) is 0 Å². The van der Waals surface area contributed by atoms with Crippen LogP contribution < -0.4 is 5.32 Å². The second-order valence-electron chi connectivity index (χ2n) is 6.56. The third-order valence-corrected chi connectivity index (χ3v) is 3.99. The van der Waals surface area contributed by atoms with Crippen molar-refractivity contribution in [3.8, 4) is 0 Å². The maximum Gasteiger partial charge on any atom is 0.305 e. The van der Waals surface area contributed by atoms with Crippen LogP contribution >= 0.6 is 11.3 Å². The van der Waals surface area contributed by atoms with E-state index in [2.05, 4.69) is 11.4 Å². The van der Waals surface area contributed by atoms with E-state index in [1.165, 1.54) is 4.88 Å². The highest BCUT2D eigenvalue weighted by Gasteiger charge is 2.22. The van der Waals surface area contributed by atoms with Crippen molar-refractivity contribution < 1.29 is 14.7 Å². The first-order valence-electron chi connectivity index (χ1n) is 7.30. The van der Waals surface area contributed by atoms with Crippen LogP contribution in [0.15, 0.2) is 17.5 Å². The molecule has 21 heavy (non-hydrogen) atoms. The van der Waals surface area contributed by atoms with Gasteiger partial charge in [0.1, 0.15) is 0 Å². The van der Waals surface area contributed by atoms with Gasteiger partial charge in [-0.15, -0.1) is 11.3 Å². The first kappa shape index (κ1) is 17.7. The molecule has 0 aliphatic rings. The van der Waals surface area contributed by atoms with E-state index in [9.17, 15) is 9.59 Å². The van der Waals surface area contributed by atoms with E-state index < -0.39 is 5.97 Å². The highest BCUT2D eigenvalue weighted by Crippen LogP contribution is 2.22. The Morgan fingerprint density at radius 3 is 2.62 bits per heavy atom. The molecule has 0 saturated carbocycles. The van der Waals surface area contributed by atoms with Crippen LogP contribution in [0.4, 0.5) is 0 Å². The molecule has 0 aliphatic heterocycles. The zero-order chi connectivity index (χ0) is 15.9. The summed E-state index contributed by atoms with van der Waals surface area (Å²) in [5, 5.41) is 13.8. The van der Waals surface area contributed by atoms with Crippen molar-refractivity contribution in [3.63, 3.8) is 0 Å². The number of carbonyl (C=O) groups excluding carboxylic acids is 1. The molecule has 0 bridgehead atoms. The first-order chi connectivity index (χ1) is 9.76. The number of nitrogens with one attached hydrogen (secondary N) is 1. The lowest BCUT2D eigenvalue weighted by molar-refractivity contribution is -0.137. The van der Waals surface area contributed by atoms with Gasteiger partial charge in [-0.2, -0.15) is 0 Å². The Morgan fingerprint density at radius 2 is 2.10 bits per heavy atom. The largest absolute Gasteiger partial charge is 0.481 e. The van der Waals surface area contributed by atoms with Gasteiger partial charge in [0.25, 0.3) is 0 Å². The quantitative estimate of drug-likeness (QED) is 0.772. The summed E-state index contributed by atoms with van der Waals surface area (Å²) in [6.07, 6.45) is 2.78. The van der Waals surface area contributed by atoms with E-state index >= 15 is 0 Å². The number of aryl methyl sites for hydroxylation is 1. The molecule has 1 unspecified atom stereocenters. The summed E-state index contributed by atoms with van der Waals surface area (Å²) < 4.78 is 0. The van der Waals surface area contributed by atoms with Crippen molar-refractivity contribution >= 4 is 23.2 Å². The monoisotopic (exact) mass is 311 g/mol. The van der Waals surface area contributed by atoms with E-state index in [1.807, 2.05) is 32.2 Å². The van der Waals surface area contributed by atoms with Crippen molar-refractivity contribution in [2.45, 2.75) is 58.9 Å². The van der Waals surface area contributed by atoms with Gasteiger partial charge in [0, 0.05) is 17.3 Å². The van der Waals surface area contributed by atoms with E-state index in [-0.39, 0.29) is 23.8 Å². The normalized spacial score (nSPS) is 12.9. The summed E-state index contributed by atoms with van der Waals surface area (Å²) in [6.45, 7) is 6.14. The topological polar surface area (TPSA) is 66.4 Å². The summed E-state index contributed by atoms with van der Waals surface area (Å²) in [7, 11) is 0. The summed E-state index contributed by atoms with van der Waals surface area (Å²) in [4.78, 5) is 24.1. The third kappa shape index (κ3) is 8.50. The van der Waals surface area contributed by atoms with Crippen LogP contribution in [-0.2, 0) is 16.0 Å². The Labute approximate surface area is 130 Å². The fourth-order valence-electron chi connectivity index (χ4n) is 2.30. The van der Waals surface area contributed by atoms with Gasteiger partial charge in [-0.05, 0) is 36.1 Å². The molecule has 0 spiro atoms. The Kier molecular flexibility index (Phi) is 6.89. The van der Waals surface area contributed by atoms with Gasteiger partial charge in [0.05, 0.1) is 6.42 Å². The number of hydrogen-bond acceptors (Lipinski definition) is 3. The first-order valence-corrected chi connectivity index (χ1v) is 8.18. The van der Waals surface area contributed by atoms with Gasteiger partial charge >= 0.3 is 5.97 Å². The molecular formula is C16H25NO3S. The zero-order valence-electron chi connectivity index (χ0n) is 13.0. The summed E-state index contributed by atoms with van der Waals surface area (Å²) in [6, 6.07) is 3.78. The average Bonchev–Trinajstić information content (AvgIpc) is 2.78. The van der Waals surface area contributed by atoms with Crippen molar-refractivity contribution in [2.24, 2.45) is 5.41 Å². The molecule has 0 aliphatic carbocycles. The van der Waals surface area contributed by atoms with Gasteiger partial charge in [0.15, 0.2) is 0 Å². The van der Waals surface area contributed by atoms with E-state index in [1.54, 1.807) is 11.3 Å². The lowest BCUT2D eigenvalue weighted by atomic mass is 9.87. The minimum atomic E-state index is -0.872. The van der Waals surface area contributed by atoms with Crippen LogP contribution in [0.5, 0.6) is 0 Å². The second-order valence-corrected chi connectivity index (χ2v) is 7.59. The summed E-state index contributed by atoms with van der Waals surface area (Å²) in [5.74, 6) is -0.926. The molecule has 1 amide bonds. The summed E-state index contributed by atoms with van der Waals surface area (Å²) >= 11 is 1.70. The van der Waals surface area contributed by atoms with Gasteiger partial charge < -0.3 is 10.4 Å². The summed E-state index contributed by atoms with van der Waals surface area (Å²) in [5.41, 5.74) is -0.00956. The van der Waals surface area contributed by atoms with E-state index in [0.717, 1.165) is 12.8 Å². The maximum atomic E-state index is 11.9. The molecule has 118 valence electrons. The number of hydrogen-bond donors (Lipinski definition) is 2. The molecule has 1 aromatic heterocycles. The predicted molar refractivity (Wildman–Crippen MR) is 85.5 cm³/mol. The SMILES string of the molecule is CC(C)(C)CC(CC(=O)O)NC(=O)CCCc1cccs1. The number of carboxylic acids is 1. The fourth-order valence-corrected chi connectivity index (χ4v) is 3.05. The Morgan fingerprint density at radius 1 is 1.38 bits per heavy atom. The fraction of sp³-hybridized carbons (Fsp3) is 0.625. The van der Waals surface area contributed by atoms with Crippen molar-refractivity contribution in [1.82, 2.24) is 5.32 Å². The lowest BCUT2D eigenvalue weighted by Crippen LogP contribution is -2.39. The van der Waals surface area contributed by atoms with Crippen LogP contribution in [0.1, 0.15) is 51.3 Å². The van der Waals surface area contributed by atoms with E-state index in [0.29, 0.717) is 12.8 Å². The average molecular weight is 311 g/mol. The lowest BCUT2D eigenvalue weighted by Gasteiger charge is -2.25. The van der Waals surface area contributed by atoms with E-state index in [4.69, 9.17) is 5.11 Å². The molecule has 1 heterocycles. The molecule has 1 rings (SSSR count). The molecule has 0 fully saturated rings. The zero-order valence-corrected chi connectivity index (χ0v) is 13.8. The maximum absolute atomic E-state index is 11.9. The van der Waals surface area contributed by atoms with Gasteiger partial charge in [0.2, 0.25) is 5.91 Å². The Hall–Kier alpha value is -1.36. The van der Waals surface area contributed by atoms with Crippen LogP contribution in [0, 0.1) is 5.41 Å². The predicted octanol–water partition coefficient (Wildman–Crippen LogP) is 3.47. The minimum absolute atomic E-state index is 0.00956. The van der Waals surface area contributed by atoms with Crippen LogP contribution in [0.2, 0.25) is 0 Å². The molecule has 0 radical (unpaired) electrons. The molecule has 1 aromatic rings. The number of carbonyl (C=O) groups is 2. The molecule has 1 atom stereocenters. The number of thiophene rings is 1. The Bertz CT molecular complexity index is 449. The molecular weight excluding hydrogens is 286 g/mol. The molecule has 2 N–H and O–H groups in total. The highest BCUT2D eigenvalue weighted by molar-refractivity contribution is 7.09. The van der Waals surface area contributed by atoms with Crippen molar-refractivity contribution in [1.29, 1.82) is 0 Å². The van der Waals surface area contributed by atoms with Gasteiger partial charge in [-0.25, -0.2) is 0 Å². The second kappa shape index (κ2) is 8.17. The van der Waals surface area contributed by atoms with Gasteiger partial charge in [-0.1, -0.05) is 26.8 Å². The van der Waals surface area contributed by atoms with Crippen LogP contribution in [0.3, 0.4) is 0 Å². The minimum Gasteiger partial charge on any atom is -0.481 e. The number of carboxylic acid groups (broad SMARTS) is 1. The van der Waals surface area contributed by atoms with Crippen LogP contribution in [-0.4, -0.2) is 23.0 Å².